The van der Waals surface area contributed by atoms with Crippen molar-refractivity contribution < 1.29 is 9.84 Å². The fourth-order valence-corrected chi connectivity index (χ4v) is 1.24. The van der Waals surface area contributed by atoms with Gasteiger partial charge in [-0.15, -0.1) is 0 Å². The summed E-state index contributed by atoms with van der Waals surface area (Å²) in [5, 5.41) is 18.1. The van der Waals surface area contributed by atoms with E-state index in [1.165, 1.54) is 0 Å². The highest BCUT2D eigenvalue weighted by molar-refractivity contribution is 4.73. The standard InChI is InChI=1S/C11H22N2O2/c1-4-13(7-5-6-12)8-11(14)9-15-10(2)3/h10-11,14H,4-5,7-9H2,1-3H3. The summed E-state index contributed by atoms with van der Waals surface area (Å²) in [6.45, 7) is 8.41. The molecule has 0 saturated heterocycles. The molecule has 0 fully saturated rings. The zero-order valence-electron chi connectivity index (χ0n) is 9.94. The molecule has 4 heteroatoms. The Labute approximate surface area is 92.4 Å². The first-order valence-electron chi connectivity index (χ1n) is 5.49. The van der Waals surface area contributed by atoms with Crippen LogP contribution in [0.5, 0.6) is 0 Å². The molecule has 0 spiro atoms. The van der Waals surface area contributed by atoms with Gasteiger partial charge in [0.15, 0.2) is 0 Å². The molecule has 1 atom stereocenters. The van der Waals surface area contributed by atoms with E-state index in [9.17, 15) is 5.11 Å². The van der Waals surface area contributed by atoms with Crippen LogP contribution in [0.3, 0.4) is 0 Å². The van der Waals surface area contributed by atoms with Gasteiger partial charge in [0.05, 0.1) is 24.9 Å². The smallest absolute Gasteiger partial charge is 0.0900 e. The van der Waals surface area contributed by atoms with E-state index >= 15 is 0 Å². The summed E-state index contributed by atoms with van der Waals surface area (Å²) < 4.78 is 5.31. The number of aliphatic hydroxyl groups is 1. The number of ether oxygens (including phenoxy) is 1. The van der Waals surface area contributed by atoms with Crippen molar-refractivity contribution in [3.63, 3.8) is 0 Å². The Balaban J connectivity index is 3.70. The second-order valence-corrected chi connectivity index (χ2v) is 3.84. The first kappa shape index (κ1) is 14.4. The van der Waals surface area contributed by atoms with Crippen LogP contribution in [0, 0.1) is 11.3 Å². The molecule has 0 aliphatic rings. The van der Waals surface area contributed by atoms with Gasteiger partial charge in [-0.2, -0.15) is 5.26 Å². The predicted molar refractivity (Wildman–Crippen MR) is 59.4 cm³/mol. The molecule has 1 N–H and O–H groups in total. The van der Waals surface area contributed by atoms with Gasteiger partial charge in [-0.05, 0) is 20.4 Å². The number of nitriles is 1. The highest BCUT2D eigenvalue weighted by atomic mass is 16.5. The van der Waals surface area contributed by atoms with Crippen LogP contribution in [0.2, 0.25) is 0 Å². The highest BCUT2D eigenvalue weighted by Gasteiger charge is 2.10. The number of hydrogen-bond acceptors (Lipinski definition) is 4. The van der Waals surface area contributed by atoms with E-state index < -0.39 is 6.10 Å². The minimum atomic E-state index is -0.467. The van der Waals surface area contributed by atoms with Crippen molar-refractivity contribution in [2.75, 3.05) is 26.2 Å². The van der Waals surface area contributed by atoms with E-state index in [1.54, 1.807) is 0 Å². The molecule has 0 bridgehead atoms. The minimum Gasteiger partial charge on any atom is -0.389 e. The molecule has 4 nitrogen and oxygen atoms in total. The number of aliphatic hydroxyl groups excluding tert-OH is 1. The molecule has 0 aliphatic carbocycles. The van der Waals surface area contributed by atoms with Crippen molar-refractivity contribution >= 4 is 0 Å². The molecular weight excluding hydrogens is 192 g/mol. The third kappa shape index (κ3) is 8.37. The van der Waals surface area contributed by atoms with Gasteiger partial charge in [0, 0.05) is 19.5 Å². The summed E-state index contributed by atoms with van der Waals surface area (Å²) in [5.74, 6) is 0. The quantitative estimate of drug-likeness (QED) is 0.655. The lowest BCUT2D eigenvalue weighted by Gasteiger charge is -2.22. The average Bonchev–Trinajstić information content (AvgIpc) is 2.21. The van der Waals surface area contributed by atoms with Crippen LogP contribution in [0.25, 0.3) is 0 Å². The van der Waals surface area contributed by atoms with Crippen LogP contribution in [0.1, 0.15) is 27.2 Å². The number of hydrogen-bond donors (Lipinski definition) is 1. The van der Waals surface area contributed by atoms with Crippen LogP contribution >= 0.6 is 0 Å². The van der Waals surface area contributed by atoms with Crippen LogP contribution in [-0.2, 0) is 4.74 Å². The third-order valence-corrected chi connectivity index (χ3v) is 2.08. The van der Waals surface area contributed by atoms with Crippen LogP contribution in [-0.4, -0.2) is 48.5 Å². The van der Waals surface area contributed by atoms with Crippen molar-refractivity contribution in [2.24, 2.45) is 0 Å². The van der Waals surface area contributed by atoms with Crippen molar-refractivity contribution in [1.29, 1.82) is 5.26 Å². The second-order valence-electron chi connectivity index (χ2n) is 3.84. The molecule has 0 aromatic carbocycles. The van der Waals surface area contributed by atoms with Crippen LogP contribution in [0.4, 0.5) is 0 Å². The van der Waals surface area contributed by atoms with E-state index in [0.717, 1.165) is 6.54 Å². The predicted octanol–water partition coefficient (Wildman–Crippen LogP) is 1.01. The second kappa shape index (κ2) is 8.66. The van der Waals surface area contributed by atoms with E-state index in [0.29, 0.717) is 26.1 Å². The maximum Gasteiger partial charge on any atom is 0.0900 e. The summed E-state index contributed by atoms with van der Waals surface area (Å²) in [7, 11) is 0. The summed E-state index contributed by atoms with van der Waals surface area (Å²) in [4.78, 5) is 2.05. The largest absolute Gasteiger partial charge is 0.389 e. The summed E-state index contributed by atoms with van der Waals surface area (Å²) in [5.41, 5.74) is 0. The fraction of sp³-hybridized carbons (Fsp3) is 0.909. The van der Waals surface area contributed by atoms with E-state index in [-0.39, 0.29) is 6.10 Å². The van der Waals surface area contributed by atoms with Crippen LogP contribution < -0.4 is 0 Å². The van der Waals surface area contributed by atoms with Crippen molar-refractivity contribution in [3.05, 3.63) is 0 Å². The molecule has 15 heavy (non-hydrogen) atoms. The molecule has 0 saturated carbocycles. The maximum atomic E-state index is 9.65. The van der Waals surface area contributed by atoms with Gasteiger partial charge in [0.25, 0.3) is 0 Å². The molecule has 88 valence electrons. The Morgan fingerprint density at radius 1 is 1.47 bits per heavy atom. The van der Waals surface area contributed by atoms with Crippen molar-refractivity contribution in [1.82, 2.24) is 4.90 Å². The summed E-state index contributed by atoms with van der Waals surface area (Å²) in [6, 6.07) is 2.10. The first-order chi connectivity index (χ1) is 7.10. The molecule has 0 aliphatic heterocycles. The summed E-state index contributed by atoms with van der Waals surface area (Å²) in [6.07, 6.45) is 0.186. The van der Waals surface area contributed by atoms with Gasteiger partial charge < -0.3 is 9.84 Å². The van der Waals surface area contributed by atoms with Gasteiger partial charge in [-0.1, -0.05) is 6.92 Å². The van der Waals surface area contributed by atoms with Crippen molar-refractivity contribution in [3.8, 4) is 6.07 Å². The Morgan fingerprint density at radius 3 is 2.60 bits per heavy atom. The molecular formula is C11H22N2O2. The molecule has 0 heterocycles. The van der Waals surface area contributed by atoms with Gasteiger partial charge in [-0.25, -0.2) is 0 Å². The van der Waals surface area contributed by atoms with Gasteiger partial charge in [0.1, 0.15) is 0 Å². The van der Waals surface area contributed by atoms with Crippen molar-refractivity contribution in [2.45, 2.75) is 39.4 Å². The third-order valence-electron chi connectivity index (χ3n) is 2.08. The molecule has 0 aromatic rings. The van der Waals surface area contributed by atoms with Crippen LogP contribution in [0.15, 0.2) is 0 Å². The van der Waals surface area contributed by atoms with Gasteiger partial charge in [-0.3, -0.25) is 4.90 Å². The Kier molecular flexibility index (Phi) is 8.30. The average molecular weight is 214 g/mol. The zero-order valence-corrected chi connectivity index (χ0v) is 9.94. The lowest BCUT2D eigenvalue weighted by Crippen LogP contribution is -2.35. The number of nitrogens with zero attached hydrogens (tertiary/aromatic N) is 2. The Morgan fingerprint density at radius 2 is 2.13 bits per heavy atom. The highest BCUT2D eigenvalue weighted by Crippen LogP contribution is 1.97. The topological polar surface area (TPSA) is 56.5 Å². The minimum absolute atomic E-state index is 0.147. The number of rotatable bonds is 8. The fourth-order valence-electron chi connectivity index (χ4n) is 1.24. The van der Waals surface area contributed by atoms with Gasteiger partial charge in [0.2, 0.25) is 0 Å². The SMILES string of the molecule is CCN(CCC#N)CC(O)COC(C)C. The van der Waals surface area contributed by atoms with E-state index in [1.807, 2.05) is 20.8 Å². The Bertz CT molecular complexity index is 190. The normalized spacial score (nSPS) is 13.1. The molecule has 0 radical (unpaired) electrons. The maximum absolute atomic E-state index is 9.65. The first-order valence-corrected chi connectivity index (χ1v) is 5.49. The lowest BCUT2D eigenvalue weighted by atomic mass is 10.3. The zero-order chi connectivity index (χ0) is 11.7. The van der Waals surface area contributed by atoms with Gasteiger partial charge >= 0.3 is 0 Å². The monoisotopic (exact) mass is 214 g/mol. The Hall–Kier alpha value is -0.630. The van der Waals surface area contributed by atoms with E-state index in [4.69, 9.17) is 10.00 Å². The summed E-state index contributed by atoms with van der Waals surface area (Å²) >= 11 is 0. The van der Waals surface area contributed by atoms with E-state index in [2.05, 4.69) is 11.0 Å². The molecule has 1 unspecified atom stereocenters. The molecule has 0 aromatic heterocycles. The lowest BCUT2D eigenvalue weighted by molar-refractivity contribution is -0.00763. The number of likely N-dealkylation sites (N-methyl/N-ethyl adjacent to an activating group) is 1. The molecule has 0 amide bonds. The molecule has 0 rings (SSSR count).